The van der Waals surface area contributed by atoms with Crippen LogP contribution >= 0.6 is 0 Å². The molecule has 0 bridgehead atoms. The van der Waals surface area contributed by atoms with Crippen molar-refractivity contribution in [2.75, 3.05) is 26.7 Å². The van der Waals surface area contributed by atoms with Crippen molar-refractivity contribution in [3.63, 3.8) is 0 Å². The van der Waals surface area contributed by atoms with Crippen molar-refractivity contribution < 1.29 is 18.3 Å². The summed E-state index contributed by atoms with van der Waals surface area (Å²) in [5, 5.41) is 8.97. The molecule has 0 radical (unpaired) electrons. The maximum absolute atomic E-state index is 12.2. The average molecular weight is 315 g/mol. The van der Waals surface area contributed by atoms with Crippen molar-refractivity contribution >= 4 is 16.0 Å². The second-order valence-corrected chi connectivity index (χ2v) is 7.37. The van der Waals surface area contributed by atoms with Crippen molar-refractivity contribution in [3.05, 3.63) is 18.0 Å². The molecule has 1 unspecified atom stereocenters. The fourth-order valence-electron chi connectivity index (χ4n) is 2.64. The normalized spacial score (nSPS) is 20.6. The molecule has 7 nitrogen and oxygen atoms in total. The predicted molar refractivity (Wildman–Crippen MR) is 77.8 cm³/mol. The van der Waals surface area contributed by atoms with Crippen LogP contribution < -0.4 is 4.72 Å². The smallest absolute Gasteiger partial charge is 0.352 e. The van der Waals surface area contributed by atoms with Crippen LogP contribution in [0.15, 0.2) is 17.2 Å². The highest BCUT2D eigenvalue weighted by atomic mass is 32.2. The van der Waals surface area contributed by atoms with Crippen LogP contribution in [0.2, 0.25) is 0 Å². The molecular formula is C13H21N3O4S. The molecular weight excluding hydrogens is 294 g/mol. The standard InChI is InChI=1S/C13H21N3O4S/c1-15-5-3-4-10(8-15)7-14-21(19,20)11-6-12(13(17)18)16(2)9-11/h6,9-10,14H,3-5,7-8H2,1-2H3,(H,17,18). The maximum atomic E-state index is 12.2. The van der Waals surface area contributed by atoms with E-state index >= 15 is 0 Å². The lowest BCUT2D eigenvalue weighted by molar-refractivity contribution is 0.0686. The molecule has 1 aromatic heterocycles. The van der Waals surface area contributed by atoms with Gasteiger partial charge < -0.3 is 14.6 Å². The molecule has 118 valence electrons. The number of nitrogens with zero attached hydrogens (tertiary/aromatic N) is 2. The second-order valence-electron chi connectivity index (χ2n) is 5.60. The van der Waals surface area contributed by atoms with Gasteiger partial charge in [-0.2, -0.15) is 0 Å². The number of hydrogen-bond acceptors (Lipinski definition) is 4. The van der Waals surface area contributed by atoms with E-state index in [0.29, 0.717) is 12.5 Å². The summed E-state index contributed by atoms with van der Waals surface area (Å²) in [4.78, 5) is 13.1. The number of carboxylic acids is 1. The molecule has 1 atom stereocenters. The largest absolute Gasteiger partial charge is 0.477 e. The first kappa shape index (κ1) is 16.0. The number of likely N-dealkylation sites (tertiary alicyclic amines) is 1. The molecule has 21 heavy (non-hydrogen) atoms. The number of piperidine rings is 1. The minimum absolute atomic E-state index is 0.00781. The highest BCUT2D eigenvalue weighted by Crippen LogP contribution is 2.17. The highest BCUT2D eigenvalue weighted by Gasteiger charge is 2.23. The van der Waals surface area contributed by atoms with Gasteiger partial charge in [0.25, 0.3) is 0 Å². The molecule has 2 heterocycles. The zero-order valence-electron chi connectivity index (χ0n) is 12.2. The van der Waals surface area contributed by atoms with Gasteiger partial charge >= 0.3 is 5.97 Å². The van der Waals surface area contributed by atoms with E-state index in [1.54, 1.807) is 0 Å². The van der Waals surface area contributed by atoms with Crippen LogP contribution in [0.25, 0.3) is 0 Å². The number of aromatic nitrogens is 1. The maximum Gasteiger partial charge on any atom is 0.352 e. The number of aromatic carboxylic acids is 1. The van der Waals surface area contributed by atoms with Crippen molar-refractivity contribution in [2.24, 2.45) is 13.0 Å². The quantitative estimate of drug-likeness (QED) is 0.818. The minimum atomic E-state index is -3.67. The van der Waals surface area contributed by atoms with E-state index in [4.69, 9.17) is 5.11 Å². The molecule has 1 aromatic rings. The Kier molecular flexibility index (Phi) is 4.70. The van der Waals surface area contributed by atoms with E-state index in [2.05, 4.69) is 9.62 Å². The van der Waals surface area contributed by atoms with Gasteiger partial charge in [0.2, 0.25) is 10.0 Å². The summed E-state index contributed by atoms with van der Waals surface area (Å²) in [6.45, 7) is 2.30. The molecule has 1 aliphatic rings. The van der Waals surface area contributed by atoms with E-state index < -0.39 is 16.0 Å². The fourth-order valence-corrected chi connectivity index (χ4v) is 3.83. The Morgan fingerprint density at radius 2 is 2.19 bits per heavy atom. The SMILES string of the molecule is CN1CCCC(CNS(=O)(=O)c2cc(C(=O)O)n(C)c2)C1. The first-order valence-corrected chi connectivity index (χ1v) is 8.36. The second kappa shape index (κ2) is 6.17. The third kappa shape index (κ3) is 3.84. The van der Waals surface area contributed by atoms with Gasteiger partial charge in [0.05, 0.1) is 0 Å². The minimum Gasteiger partial charge on any atom is -0.477 e. The Morgan fingerprint density at radius 1 is 1.48 bits per heavy atom. The van der Waals surface area contributed by atoms with Crippen molar-refractivity contribution in [1.82, 2.24) is 14.2 Å². The summed E-state index contributed by atoms with van der Waals surface area (Å²) >= 11 is 0. The lowest BCUT2D eigenvalue weighted by Gasteiger charge is -2.29. The fraction of sp³-hybridized carbons (Fsp3) is 0.615. The molecule has 1 fully saturated rings. The average Bonchev–Trinajstić information content (AvgIpc) is 2.80. The number of nitrogens with one attached hydrogen (secondary N) is 1. The summed E-state index contributed by atoms with van der Waals surface area (Å²) in [5.41, 5.74) is -0.0484. The van der Waals surface area contributed by atoms with Gasteiger partial charge in [-0.1, -0.05) is 0 Å². The summed E-state index contributed by atoms with van der Waals surface area (Å²) in [5.74, 6) is -0.853. The zero-order valence-corrected chi connectivity index (χ0v) is 13.1. The van der Waals surface area contributed by atoms with Crippen LogP contribution in [0, 0.1) is 5.92 Å². The monoisotopic (exact) mass is 315 g/mol. The van der Waals surface area contributed by atoms with Crippen LogP contribution in [0.3, 0.4) is 0 Å². The molecule has 1 aliphatic heterocycles. The van der Waals surface area contributed by atoms with Gasteiger partial charge in [0, 0.05) is 26.3 Å². The third-order valence-corrected chi connectivity index (χ3v) is 5.18. The predicted octanol–water partition coefficient (Wildman–Crippen LogP) is 0.343. The van der Waals surface area contributed by atoms with Crippen LogP contribution in [-0.4, -0.2) is 55.6 Å². The van der Waals surface area contributed by atoms with Gasteiger partial charge in [-0.15, -0.1) is 0 Å². The highest BCUT2D eigenvalue weighted by molar-refractivity contribution is 7.89. The lowest BCUT2D eigenvalue weighted by atomic mass is 9.99. The third-order valence-electron chi connectivity index (χ3n) is 3.79. The van der Waals surface area contributed by atoms with E-state index in [-0.39, 0.29) is 10.6 Å². The summed E-state index contributed by atoms with van der Waals surface area (Å²) < 4.78 is 28.3. The summed E-state index contributed by atoms with van der Waals surface area (Å²) in [6, 6.07) is 1.18. The molecule has 1 saturated heterocycles. The molecule has 0 spiro atoms. The Labute approximate surface area is 124 Å². The Bertz CT molecular complexity index is 623. The topological polar surface area (TPSA) is 91.6 Å². The Balaban J connectivity index is 2.04. The number of carbonyl (C=O) groups is 1. The first-order chi connectivity index (χ1) is 9.79. The first-order valence-electron chi connectivity index (χ1n) is 6.87. The van der Waals surface area contributed by atoms with Crippen molar-refractivity contribution in [1.29, 1.82) is 0 Å². The summed E-state index contributed by atoms with van der Waals surface area (Å²) in [7, 11) is -0.128. The molecule has 0 amide bonds. The van der Waals surface area contributed by atoms with Gasteiger partial charge in [0.1, 0.15) is 10.6 Å². The number of aryl methyl sites for hydroxylation is 1. The van der Waals surface area contributed by atoms with Gasteiger partial charge in [-0.25, -0.2) is 17.9 Å². The van der Waals surface area contributed by atoms with Crippen LogP contribution in [0.4, 0.5) is 0 Å². The van der Waals surface area contributed by atoms with Crippen molar-refractivity contribution in [2.45, 2.75) is 17.7 Å². The number of rotatable bonds is 5. The van der Waals surface area contributed by atoms with E-state index in [1.165, 1.54) is 23.9 Å². The van der Waals surface area contributed by atoms with Gasteiger partial charge in [-0.3, -0.25) is 0 Å². The molecule has 2 rings (SSSR count). The zero-order chi connectivity index (χ0) is 15.6. The van der Waals surface area contributed by atoms with Crippen LogP contribution in [0.5, 0.6) is 0 Å². The molecule has 0 saturated carbocycles. The molecule has 2 N–H and O–H groups in total. The number of carboxylic acid groups (broad SMARTS) is 1. The Morgan fingerprint density at radius 3 is 2.76 bits per heavy atom. The lowest BCUT2D eigenvalue weighted by Crippen LogP contribution is -2.39. The van der Waals surface area contributed by atoms with Gasteiger partial charge in [0.15, 0.2) is 0 Å². The number of sulfonamides is 1. The van der Waals surface area contributed by atoms with E-state index in [1.807, 2.05) is 7.05 Å². The van der Waals surface area contributed by atoms with Crippen LogP contribution in [0.1, 0.15) is 23.3 Å². The van der Waals surface area contributed by atoms with Crippen LogP contribution in [-0.2, 0) is 17.1 Å². The number of hydrogen-bond donors (Lipinski definition) is 2. The van der Waals surface area contributed by atoms with Gasteiger partial charge in [-0.05, 0) is 38.4 Å². The van der Waals surface area contributed by atoms with Crippen molar-refractivity contribution in [3.8, 4) is 0 Å². The molecule has 8 heteroatoms. The van der Waals surface area contributed by atoms with E-state index in [0.717, 1.165) is 25.9 Å². The summed E-state index contributed by atoms with van der Waals surface area (Å²) in [6.07, 6.45) is 3.39. The molecule has 0 aromatic carbocycles. The molecule has 0 aliphatic carbocycles. The van der Waals surface area contributed by atoms with E-state index in [9.17, 15) is 13.2 Å². The Hall–Kier alpha value is -1.38.